The zero-order valence-corrected chi connectivity index (χ0v) is 12.2. The molecule has 2 heterocycles. The Bertz CT molecular complexity index is 464. The molecule has 0 bridgehead atoms. The molecule has 2 aromatic rings. The summed E-state index contributed by atoms with van der Waals surface area (Å²) in [5.41, 5.74) is 5.32. The molecule has 0 amide bonds. The van der Waals surface area contributed by atoms with Crippen LogP contribution in [-0.4, -0.2) is 9.59 Å². The molecular weight excluding hydrogens is 264 g/mol. The molecule has 0 radical (unpaired) electrons. The molecule has 0 spiro atoms. The van der Waals surface area contributed by atoms with Gasteiger partial charge >= 0.3 is 0 Å². The van der Waals surface area contributed by atoms with Gasteiger partial charge in [-0.2, -0.15) is 11.3 Å². The highest BCUT2D eigenvalue weighted by Gasteiger charge is 2.20. The fourth-order valence-electron chi connectivity index (χ4n) is 1.88. The molecule has 0 aromatic carbocycles. The maximum atomic E-state index is 5.68. The van der Waals surface area contributed by atoms with E-state index in [-0.39, 0.29) is 6.04 Å². The zero-order chi connectivity index (χ0) is 13.0. The highest BCUT2D eigenvalue weighted by molar-refractivity contribution is 7.08. The van der Waals surface area contributed by atoms with E-state index in [0.29, 0.717) is 5.92 Å². The first-order valence-corrected chi connectivity index (χ1v) is 7.73. The van der Waals surface area contributed by atoms with Crippen LogP contribution in [0.25, 0.3) is 0 Å². The molecule has 0 saturated carbocycles. The summed E-state index contributed by atoms with van der Waals surface area (Å²) < 4.78 is 4.06. The summed E-state index contributed by atoms with van der Waals surface area (Å²) in [6, 6.07) is 2.30. The number of thiophene rings is 1. The third-order valence-electron chi connectivity index (χ3n) is 2.91. The van der Waals surface area contributed by atoms with E-state index in [0.717, 1.165) is 18.5 Å². The average Bonchev–Trinajstić information content (AvgIpc) is 2.99. The average molecular weight is 282 g/mol. The number of rotatable bonds is 6. The largest absolute Gasteiger partial charge is 0.271 e. The summed E-state index contributed by atoms with van der Waals surface area (Å²) in [7, 11) is 0. The van der Waals surface area contributed by atoms with E-state index < -0.39 is 0 Å². The lowest BCUT2D eigenvalue weighted by atomic mass is 10.0. The summed E-state index contributed by atoms with van der Waals surface area (Å²) >= 11 is 3.18. The minimum absolute atomic E-state index is 0.141. The molecular formula is C12H18N4S2. The Morgan fingerprint density at radius 3 is 2.89 bits per heavy atom. The molecule has 4 nitrogen and oxygen atoms in total. The Labute approximate surface area is 115 Å². The van der Waals surface area contributed by atoms with Gasteiger partial charge in [0.1, 0.15) is 0 Å². The third-order valence-corrected chi connectivity index (χ3v) is 4.49. The fourth-order valence-corrected chi connectivity index (χ4v) is 3.49. The van der Waals surface area contributed by atoms with E-state index in [4.69, 9.17) is 5.84 Å². The highest BCUT2D eigenvalue weighted by Crippen LogP contribution is 2.28. The van der Waals surface area contributed by atoms with Crippen LogP contribution in [0, 0.1) is 0 Å². The van der Waals surface area contributed by atoms with Crippen molar-refractivity contribution >= 4 is 22.9 Å². The molecule has 6 heteroatoms. The predicted molar refractivity (Wildman–Crippen MR) is 76.7 cm³/mol. The normalized spacial score (nSPS) is 13.1. The maximum Gasteiger partial charge on any atom is 0.0829 e. The zero-order valence-electron chi connectivity index (χ0n) is 10.6. The number of hydrogen-bond donors (Lipinski definition) is 2. The van der Waals surface area contributed by atoms with Crippen LogP contribution in [-0.2, 0) is 6.42 Å². The minimum Gasteiger partial charge on any atom is -0.271 e. The maximum absolute atomic E-state index is 5.68. The summed E-state index contributed by atoms with van der Waals surface area (Å²) in [5.74, 6) is 6.06. The SMILES string of the molecule is CC(C)c1nnsc1C(CCc1ccsc1)NN. The molecule has 98 valence electrons. The minimum atomic E-state index is 0.141. The van der Waals surface area contributed by atoms with Gasteiger partial charge in [0.2, 0.25) is 0 Å². The summed E-state index contributed by atoms with van der Waals surface area (Å²) in [6.07, 6.45) is 1.99. The molecule has 2 rings (SSSR count). The van der Waals surface area contributed by atoms with Crippen molar-refractivity contribution in [1.82, 2.24) is 15.0 Å². The van der Waals surface area contributed by atoms with Crippen molar-refractivity contribution in [3.05, 3.63) is 33.0 Å². The monoisotopic (exact) mass is 282 g/mol. The van der Waals surface area contributed by atoms with E-state index in [9.17, 15) is 0 Å². The first kappa shape index (κ1) is 13.6. The van der Waals surface area contributed by atoms with Crippen molar-refractivity contribution in [1.29, 1.82) is 0 Å². The van der Waals surface area contributed by atoms with E-state index in [2.05, 4.69) is 45.7 Å². The Morgan fingerprint density at radius 1 is 1.44 bits per heavy atom. The number of hydrazine groups is 1. The first-order valence-electron chi connectivity index (χ1n) is 6.01. The third kappa shape index (κ3) is 3.14. The van der Waals surface area contributed by atoms with Gasteiger partial charge in [0, 0.05) is 0 Å². The molecule has 0 aliphatic heterocycles. The number of hydrogen-bond acceptors (Lipinski definition) is 6. The van der Waals surface area contributed by atoms with Crippen LogP contribution < -0.4 is 11.3 Å². The summed E-state index contributed by atoms with van der Waals surface area (Å²) in [4.78, 5) is 1.17. The number of aromatic nitrogens is 2. The molecule has 0 saturated heterocycles. The Hall–Kier alpha value is -0.820. The van der Waals surface area contributed by atoms with Crippen LogP contribution in [0.3, 0.4) is 0 Å². The molecule has 2 aromatic heterocycles. The molecule has 0 aliphatic rings. The van der Waals surface area contributed by atoms with Gasteiger partial charge < -0.3 is 0 Å². The molecule has 0 fully saturated rings. The molecule has 18 heavy (non-hydrogen) atoms. The van der Waals surface area contributed by atoms with Crippen LogP contribution in [0.4, 0.5) is 0 Å². The van der Waals surface area contributed by atoms with Crippen LogP contribution >= 0.6 is 22.9 Å². The molecule has 0 aliphatic carbocycles. The van der Waals surface area contributed by atoms with Crippen LogP contribution in [0.1, 0.15) is 48.4 Å². The van der Waals surface area contributed by atoms with Gasteiger partial charge in [-0.25, -0.2) is 0 Å². The standard InChI is InChI=1S/C12H18N4S2/c1-8(2)11-12(18-16-15-11)10(14-13)4-3-9-5-6-17-7-9/h5-8,10,14H,3-4,13H2,1-2H3. The van der Waals surface area contributed by atoms with E-state index in [1.807, 2.05) is 0 Å². The Balaban J connectivity index is 2.06. The second-order valence-corrected chi connectivity index (χ2v) is 6.13. The summed E-state index contributed by atoms with van der Waals surface area (Å²) in [5, 5.41) is 8.49. The van der Waals surface area contributed by atoms with Crippen LogP contribution in [0.15, 0.2) is 16.8 Å². The lowest BCUT2D eigenvalue weighted by molar-refractivity contribution is 0.517. The van der Waals surface area contributed by atoms with E-state index >= 15 is 0 Å². The number of nitrogens with one attached hydrogen (secondary N) is 1. The van der Waals surface area contributed by atoms with Crippen molar-refractivity contribution in [3.63, 3.8) is 0 Å². The first-order chi connectivity index (χ1) is 8.72. The van der Waals surface area contributed by atoms with Gasteiger partial charge in [-0.3, -0.25) is 11.3 Å². The Morgan fingerprint density at radius 2 is 2.28 bits per heavy atom. The number of nitrogens with zero attached hydrogens (tertiary/aromatic N) is 2. The quantitative estimate of drug-likeness (QED) is 0.631. The van der Waals surface area contributed by atoms with Crippen molar-refractivity contribution < 1.29 is 0 Å². The predicted octanol–water partition coefficient (Wildman–Crippen LogP) is 2.86. The highest BCUT2D eigenvalue weighted by atomic mass is 32.1. The number of aryl methyl sites for hydroxylation is 1. The lowest BCUT2D eigenvalue weighted by Crippen LogP contribution is -2.28. The molecule has 3 N–H and O–H groups in total. The van der Waals surface area contributed by atoms with Crippen molar-refractivity contribution in [2.45, 2.75) is 38.6 Å². The number of nitrogens with two attached hydrogens (primary N) is 1. The van der Waals surface area contributed by atoms with E-state index in [1.54, 1.807) is 11.3 Å². The fraction of sp³-hybridized carbons (Fsp3) is 0.500. The Kier molecular flexibility index (Phi) is 4.82. The molecule has 1 atom stereocenters. The van der Waals surface area contributed by atoms with Crippen molar-refractivity contribution in [2.24, 2.45) is 5.84 Å². The van der Waals surface area contributed by atoms with Crippen molar-refractivity contribution in [2.75, 3.05) is 0 Å². The summed E-state index contributed by atoms with van der Waals surface area (Å²) in [6.45, 7) is 4.26. The van der Waals surface area contributed by atoms with Gasteiger partial charge in [-0.05, 0) is 52.7 Å². The second kappa shape index (κ2) is 6.38. The van der Waals surface area contributed by atoms with Crippen LogP contribution in [0.2, 0.25) is 0 Å². The van der Waals surface area contributed by atoms with Gasteiger partial charge in [-0.1, -0.05) is 18.3 Å². The van der Waals surface area contributed by atoms with Gasteiger partial charge in [0.15, 0.2) is 0 Å². The smallest absolute Gasteiger partial charge is 0.0829 e. The second-order valence-electron chi connectivity index (χ2n) is 4.57. The van der Waals surface area contributed by atoms with E-state index in [1.165, 1.54) is 22.0 Å². The van der Waals surface area contributed by atoms with Gasteiger partial charge in [0.25, 0.3) is 0 Å². The van der Waals surface area contributed by atoms with Crippen LogP contribution in [0.5, 0.6) is 0 Å². The topological polar surface area (TPSA) is 63.8 Å². The lowest BCUT2D eigenvalue weighted by Gasteiger charge is -2.15. The van der Waals surface area contributed by atoms with Crippen molar-refractivity contribution in [3.8, 4) is 0 Å². The molecule has 1 unspecified atom stereocenters. The van der Waals surface area contributed by atoms with Gasteiger partial charge in [0.05, 0.1) is 16.6 Å². The van der Waals surface area contributed by atoms with Gasteiger partial charge in [-0.15, -0.1) is 5.10 Å².